The number of aryl methyl sites for hydroxylation is 1. The molecular weight excluding hydrogens is 350 g/mol. The number of hydrogen-bond acceptors (Lipinski definition) is 4. The number of anilines is 2. The Morgan fingerprint density at radius 1 is 1.12 bits per heavy atom. The van der Waals surface area contributed by atoms with Gasteiger partial charge in [-0.15, -0.1) is 0 Å². The van der Waals surface area contributed by atoms with Crippen molar-refractivity contribution < 1.29 is 14.3 Å². The van der Waals surface area contributed by atoms with Crippen molar-refractivity contribution >= 4 is 34.6 Å². The zero-order chi connectivity index (χ0) is 18.2. The number of thiophene rings is 1. The molecule has 1 unspecified atom stereocenters. The van der Waals surface area contributed by atoms with Crippen molar-refractivity contribution in [3.8, 4) is 0 Å². The van der Waals surface area contributed by atoms with Crippen LogP contribution in [-0.2, 0) is 16.0 Å². The quantitative estimate of drug-likeness (QED) is 0.693. The van der Waals surface area contributed by atoms with Gasteiger partial charge in [-0.05, 0) is 65.9 Å². The molecule has 1 aromatic heterocycles. The van der Waals surface area contributed by atoms with Gasteiger partial charge in [-0.2, -0.15) is 11.3 Å². The lowest BCUT2D eigenvalue weighted by Crippen LogP contribution is -2.35. The Hall–Kier alpha value is -2.38. The summed E-state index contributed by atoms with van der Waals surface area (Å²) in [7, 11) is 0. The maximum atomic E-state index is 12.0. The Labute approximate surface area is 156 Å². The smallest absolute Gasteiger partial charge is 0.319 e. The van der Waals surface area contributed by atoms with Gasteiger partial charge < -0.3 is 20.7 Å². The molecule has 2 aromatic rings. The second-order valence-corrected chi connectivity index (χ2v) is 7.01. The molecular formula is C19H23N3O3S. The zero-order valence-electron chi connectivity index (χ0n) is 14.5. The summed E-state index contributed by atoms with van der Waals surface area (Å²) in [5, 5.41) is 12.5. The van der Waals surface area contributed by atoms with Crippen molar-refractivity contribution in [1.82, 2.24) is 5.32 Å². The summed E-state index contributed by atoms with van der Waals surface area (Å²) >= 11 is 1.63. The van der Waals surface area contributed by atoms with Crippen molar-refractivity contribution in [1.29, 1.82) is 0 Å². The summed E-state index contributed by atoms with van der Waals surface area (Å²) in [6.45, 7) is 1.29. The van der Waals surface area contributed by atoms with Gasteiger partial charge in [0.05, 0.1) is 6.10 Å². The predicted octanol–water partition coefficient (Wildman–Crippen LogP) is 3.62. The van der Waals surface area contributed by atoms with E-state index in [0.717, 1.165) is 25.9 Å². The summed E-state index contributed by atoms with van der Waals surface area (Å²) in [5.41, 5.74) is 2.57. The van der Waals surface area contributed by atoms with Gasteiger partial charge in [0.1, 0.15) is 0 Å². The molecule has 6 nitrogen and oxygen atoms in total. The van der Waals surface area contributed by atoms with E-state index in [1.54, 1.807) is 35.6 Å². The van der Waals surface area contributed by atoms with Crippen molar-refractivity contribution in [3.05, 3.63) is 46.7 Å². The number of benzene rings is 1. The molecule has 7 heteroatoms. The SMILES string of the molecule is O=C(CCc1ccsc1)Nc1ccc(NC(=O)NCC2CCCO2)cc1. The first-order valence-corrected chi connectivity index (χ1v) is 9.71. The largest absolute Gasteiger partial charge is 0.376 e. The van der Waals surface area contributed by atoms with E-state index in [1.807, 2.05) is 11.4 Å². The molecule has 0 spiro atoms. The van der Waals surface area contributed by atoms with Gasteiger partial charge in [0, 0.05) is 30.9 Å². The van der Waals surface area contributed by atoms with Crippen LogP contribution in [-0.4, -0.2) is 31.2 Å². The van der Waals surface area contributed by atoms with Crippen LogP contribution in [0, 0.1) is 0 Å². The van der Waals surface area contributed by atoms with Gasteiger partial charge in [0.2, 0.25) is 5.91 Å². The molecule has 0 saturated carbocycles. The lowest BCUT2D eigenvalue weighted by atomic mass is 10.2. The molecule has 1 aromatic carbocycles. The third kappa shape index (κ3) is 5.86. The first kappa shape index (κ1) is 18.4. The number of carbonyl (C=O) groups is 2. The van der Waals surface area contributed by atoms with Gasteiger partial charge >= 0.3 is 6.03 Å². The van der Waals surface area contributed by atoms with Crippen molar-refractivity contribution in [2.45, 2.75) is 31.8 Å². The van der Waals surface area contributed by atoms with Gasteiger partial charge in [0.25, 0.3) is 0 Å². The third-order valence-corrected chi connectivity index (χ3v) is 4.89. The van der Waals surface area contributed by atoms with Gasteiger partial charge in [0.15, 0.2) is 0 Å². The maximum Gasteiger partial charge on any atom is 0.319 e. The highest BCUT2D eigenvalue weighted by Gasteiger charge is 2.16. The first-order valence-electron chi connectivity index (χ1n) is 8.76. The molecule has 1 saturated heterocycles. The molecule has 3 rings (SSSR count). The van der Waals surface area contributed by atoms with Crippen LogP contribution in [0.5, 0.6) is 0 Å². The van der Waals surface area contributed by atoms with E-state index in [0.29, 0.717) is 24.3 Å². The minimum atomic E-state index is -0.256. The molecule has 0 aliphatic carbocycles. The minimum absolute atomic E-state index is 0.0220. The van der Waals surface area contributed by atoms with Crippen molar-refractivity contribution in [2.75, 3.05) is 23.8 Å². The lowest BCUT2D eigenvalue weighted by Gasteiger charge is -2.12. The number of amides is 3. The highest BCUT2D eigenvalue weighted by Crippen LogP contribution is 2.15. The number of hydrogen-bond donors (Lipinski definition) is 3. The van der Waals surface area contributed by atoms with Gasteiger partial charge in [-0.3, -0.25) is 4.79 Å². The minimum Gasteiger partial charge on any atom is -0.376 e. The third-order valence-electron chi connectivity index (χ3n) is 4.16. The van der Waals surface area contributed by atoms with E-state index in [-0.39, 0.29) is 18.0 Å². The fraction of sp³-hybridized carbons (Fsp3) is 0.368. The van der Waals surface area contributed by atoms with E-state index < -0.39 is 0 Å². The van der Waals surface area contributed by atoms with E-state index >= 15 is 0 Å². The number of nitrogens with one attached hydrogen (secondary N) is 3. The molecule has 1 aliphatic heterocycles. The number of ether oxygens (including phenoxy) is 1. The molecule has 0 radical (unpaired) electrons. The number of carbonyl (C=O) groups excluding carboxylic acids is 2. The standard InChI is InChI=1S/C19H23N3O3S/c23-18(8-3-14-9-11-26-13-14)21-15-4-6-16(7-5-15)22-19(24)20-12-17-2-1-10-25-17/h4-7,9,11,13,17H,1-3,8,10,12H2,(H,21,23)(H2,20,22,24). The molecule has 3 amide bonds. The van der Waals surface area contributed by atoms with Crippen LogP contribution in [0.15, 0.2) is 41.1 Å². The Morgan fingerprint density at radius 3 is 2.54 bits per heavy atom. The topological polar surface area (TPSA) is 79.5 Å². The summed E-state index contributed by atoms with van der Waals surface area (Å²) in [6.07, 6.45) is 3.34. The van der Waals surface area contributed by atoms with Crippen LogP contribution in [0.25, 0.3) is 0 Å². The van der Waals surface area contributed by atoms with Crippen LogP contribution in [0.2, 0.25) is 0 Å². The predicted molar refractivity (Wildman–Crippen MR) is 104 cm³/mol. The fourth-order valence-electron chi connectivity index (χ4n) is 2.74. The summed E-state index contributed by atoms with van der Waals surface area (Å²) in [4.78, 5) is 23.9. The highest BCUT2D eigenvalue weighted by molar-refractivity contribution is 7.07. The molecule has 26 heavy (non-hydrogen) atoms. The highest BCUT2D eigenvalue weighted by atomic mass is 32.1. The van der Waals surface area contributed by atoms with Crippen LogP contribution in [0.1, 0.15) is 24.8 Å². The number of rotatable bonds is 7. The molecule has 1 atom stereocenters. The first-order chi connectivity index (χ1) is 12.7. The average Bonchev–Trinajstić information content (AvgIpc) is 3.34. The monoisotopic (exact) mass is 373 g/mol. The van der Waals surface area contributed by atoms with Crippen LogP contribution < -0.4 is 16.0 Å². The Morgan fingerprint density at radius 2 is 1.88 bits per heavy atom. The summed E-state index contributed by atoms with van der Waals surface area (Å²) in [6, 6.07) is 8.85. The normalized spacial score (nSPS) is 16.2. The Kier molecular flexibility index (Phi) is 6.62. The van der Waals surface area contributed by atoms with Gasteiger partial charge in [-0.1, -0.05) is 0 Å². The van der Waals surface area contributed by atoms with Crippen LogP contribution in [0.4, 0.5) is 16.2 Å². The number of urea groups is 1. The Bertz CT molecular complexity index is 710. The molecule has 3 N–H and O–H groups in total. The van der Waals surface area contributed by atoms with Crippen molar-refractivity contribution in [3.63, 3.8) is 0 Å². The van der Waals surface area contributed by atoms with E-state index in [1.165, 1.54) is 5.56 Å². The van der Waals surface area contributed by atoms with E-state index in [4.69, 9.17) is 4.74 Å². The summed E-state index contributed by atoms with van der Waals surface area (Å²) in [5.74, 6) is -0.0220. The fourth-order valence-corrected chi connectivity index (χ4v) is 3.44. The Balaban J connectivity index is 1.39. The van der Waals surface area contributed by atoms with E-state index in [9.17, 15) is 9.59 Å². The second kappa shape index (κ2) is 9.35. The van der Waals surface area contributed by atoms with Gasteiger partial charge in [-0.25, -0.2) is 4.79 Å². The lowest BCUT2D eigenvalue weighted by molar-refractivity contribution is -0.116. The summed E-state index contributed by atoms with van der Waals surface area (Å²) < 4.78 is 5.47. The average molecular weight is 373 g/mol. The molecule has 1 aliphatic rings. The second-order valence-electron chi connectivity index (χ2n) is 6.23. The van der Waals surface area contributed by atoms with Crippen LogP contribution >= 0.6 is 11.3 Å². The molecule has 0 bridgehead atoms. The molecule has 1 fully saturated rings. The van der Waals surface area contributed by atoms with Crippen LogP contribution in [0.3, 0.4) is 0 Å². The molecule has 138 valence electrons. The maximum absolute atomic E-state index is 12.0. The van der Waals surface area contributed by atoms with E-state index in [2.05, 4.69) is 21.3 Å². The van der Waals surface area contributed by atoms with Crippen molar-refractivity contribution in [2.24, 2.45) is 0 Å². The molecule has 2 heterocycles. The zero-order valence-corrected chi connectivity index (χ0v) is 15.3.